The second kappa shape index (κ2) is 10.4. The van der Waals surface area contributed by atoms with E-state index >= 15 is 0 Å². The Labute approximate surface area is 177 Å². The lowest BCUT2D eigenvalue weighted by atomic mass is 9.81. The zero-order chi connectivity index (χ0) is 20.9. The van der Waals surface area contributed by atoms with Crippen LogP contribution < -0.4 is 0 Å². The van der Waals surface area contributed by atoms with Gasteiger partial charge in [-0.15, -0.1) is 0 Å². The summed E-state index contributed by atoms with van der Waals surface area (Å²) in [6, 6.07) is 0. The number of unbranched alkanes of at least 4 members (excludes halogenated alkanes) is 9. The number of fused-ring (bicyclic) bond motifs is 5. The van der Waals surface area contributed by atoms with E-state index in [-0.39, 0.29) is 35.9 Å². The lowest BCUT2D eigenvalue weighted by molar-refractivity contribution is -0.889. The van der Waals surface area contributed by atoms with E-state index in [1.54, 1.807) is 4.90 Å². The largest absolute Gasteiger partial charge is 0.373 e. The molecule has 5 nitrogen and oxygen atoms in total. The Balaban J connectivity index is 1.28. The molecule has 0 spiro atoms. The fraction of sp³-hybridized carbons (Fsp3) is 0.917. The van der Waals surface area contributed by atoms with Crippen LogP contribution in [0.2, 0.25) is 0 Å². The lowest BCUT2D eigenvalue weighted by Crippen LogP contribution is -2.48. The van der Waals surface area contributed by atoms with Gasteiger partial charge in [0.1, 0.15) is 0 Å². The molecule has 166 valence electrons. The molecule has 3 heterocycles. The molecule has 0 aromatic rings. The Bertz CT molecular complexity index is 534. The van der Waals surface area contributed by atoms with Crippen LogP contribution in [0.4, 0.5) is 0 Å². The van der Waals surface area contributed by atoms with Gasteiger partial charge in [0.15, 0.2) is 0 Å². The summed E-state index contributed by atoms with van der Waals surface area (Å²) in [6.07, 6.45) is 15.4. The molecule has 5 heteroatoms. The van der Waals surface area contributed by atoms with Crippen molar-refractivity contribution in [2.75, 3.05) is 33.7 Å². The SMILES string of the molecule is CCCCCCCCCCCC[N+](C)(C)CCN1C(=O)[C@@H]2[C@H](C1=O)[C@H]1CC[C@@H]2O1. The van der Waals surface area contributed by atoms with Crippen LogP contribution in [0.15, 0.2) is 0 Å². The van der Waals surface area contributed by atoms with Crippen molar-refractivity contribution in [2.45, 2.75) is 96.2 Å². The Hall–Kier alpha value is -0.940. The van der Waals surface area contributed by atoms with Crippen molar-refractivity contribution in [3.8, 4) is 0 Å². The fourth-order valence-electron chi connectivity index (χ4n) is 5.50. The van der Waals surface area contributed by atoms with E-state index in [4.69, 9.17) is 4.74 Å². The number of hydrogen-bond acceptors (Lipinski definition) is 3. The molecule has 0 aromatic carbocycles. The van der Waals surface area contributed by atoms with E-state index in [1.165, 1.54) is 64.2 Å². The zero-order valence-corrected chi connectivity index (χ0v) is 19.0. The van der Waals surface area contributed by atoms with Crippen molar-refractivity contribution in [2.24, 2.45) is 11.8 Å². The van der Waals surface area contributed by atoms with Crippen molar-refractivity contribution < 1.29 is 18.8 Å². The van der Waals surface area contributed by atoms with Gasteiger partial charge in [0.2, 0.25) is 11.8 Å². The van der Waals surface area contributed by atoms with Crippen molar-refractivity contribution in [1.29, 1.82) is 0 Å². The number of imide groups is 1. The molecule has 3 rings (SSSR count). The highest BCUT2D eigenvalue weighted by molar-refractivity contribution is 6.06. The van der Waals surface area contributed by atoms with Gasteiger partial charge in [-0.1, -0.05) is 58.3 Å². The number of likely N-dealkylation sites (N-methyl/N-ethyl adjacent to an activating group) is 1. The van der Waals surface area contributed by atoms with Gasteiger partial charge in [-0.3, -0.25) is 14.5 Å². The molecule has 3 saturated heterocycles. The Morgan fingerprint density at radius 1 is 0.793 bits per heavy atom. The van der Waals surface area contributed by atoms with Crippen LogP contribution in [0.1, 0.15) is 84.0 Å². The number of rotatable bonds is 14. The maximum atomic E-state index is 12.8. The molecule has 0 N–H and O–H groups in total. The standard InChI is InChI=1S/C24H43N2O3/c1-4-5-6-7-8-9-10-11-12-13-17-26(2,3)18-16-25-23(27)21-19-14-15-20(29-19)22(21)24(25)28/h19-22H,4-18H2,1-3H3/q+1/t19-,20+,21-,22+. The van der Waals surface area contributed by atoms with Gasteiger partial charge < -0.3 is 9.22 Å². The molecule has 0 aliphatic carbocycles. The normalized spacial score (nSPS) is 28.6. The van der Waals surface area contributed by atoms with E-state index in [1.807, 2.05) is 0 Å². The first-order chi connectivity index (χ1) is 13.9. The monoisotopic (exact) mass is 407 g/mol. The molecular formula is C24H43N2O3+. The van der Waals surface area contributed by atoms with Gasteiger partial charge in [0.05, 0.1) is 57.8 Å². The van der Waals surface area contributed by atoms with Gasteiger partial charge in [0, 0.05) is 0 Å². The maximum Gasteiger partial charge on any atom is 0.236 e. The third kappa shape index (κ3) is 5.61. The Kier molecular flexibility index (Phi) is 8.15. The number of quaternary nitrogens is 1. The number of ether oxygens (including phenoxy) is 1. The first-order valence-corrected chi connectivity index (χ1v) is 12.3. The predicted molar refractivity (Wildman–Crippen MR) is 115 cm³/mol. The smallest absolute Gasteiger partial charge is 0.236 e. The zero-order valence-electron chi connectivity index (χ0n) is 19.0. The van der Waals surface area contributed by atoms with Crippen molar-refractivity contribution in [3.05, 3.63) is 0 Å². The van der Waals surface area contributed by atoms with Crippen LogP contribution >= 0.6 is 0 Å². The predicted octanol–water partition coefficient (Wildman–Crippen LogP) is 4.15. The quantitative estimate of drug-likeness (QED) is 0.247. The second-order valence-corrected chi connectivity index (χ2v) is 10.2. The summed E-state index contributed by atoms with van der Waals surface area (Å²) in [6.45, 7) is 4.80. The molecule has 0 aromatic heterocycles. The van der Waals surface area contributed by atoms with E-state index in [2.05, 4.69) is 21.0 Å². The summed E-state index contributed by atoms with van der Waals surface area (Å²) in [4.78, 5) is 27.1. The van der Waals surface area contributed by atoms with E-state index < -0.39 is 0 Å². The molecule has 0 unspecified atom stereocenters. The molecule has 0 saturated carbocycles. The average molecular weight is 408 g/mol. The van der Waals surface area contributed by atoms with Crippen LogP contribution in [0, 0.1) is 11.8 Å². The summed E-state index contributed by atoms with van der Waals surface area (Å²) in [5.74, 6) is -0.296. The molecule has 3 fully saturated rings. The highest BCUT2D eigenvalue weighted by Crippen LogP contribution is 2.48. The van der Waals surface area contributed by atoms with Crippen LogP contribution in [-0.4, -0.2) is 67.1 Å². The minimum Gasteiger partial charge on any atom is -0.373 e. The van der Waals surface area contributed by atoms with E-state index in [0.29, 0.717) is 6.54 Å². The molecule has 2 bridgehead atoms. The van der Waals surface area contributed by atoms with E-state index in [0.717, 1.165) is 30.4 Å². The van der Waals surface area contributed by atoms with Crippen molar-refractivity contribution >= 4 is 11.8 Å². The number of hydrogen-bond donors (Lipinski definition) is 0. The van der Waals surface area contributed by atoms with Gasteiger partial charge in [-0.05, 0) is 25.7 Å². The number of nitrogens with zero attached hydrogens (tertiary/aromatic N) is 2. The fourth-order valence-corrected chi connectivity index (χ4v) is 5.50. The van der Waals surface area contributed by atoms with Gasteiger partial charge in [-0.2, -0.15) is 0 Å². The first kappa shape index (κ1) is 22.7. The number of amides is 2. The van der Waals surface area contributed by atoms with Gasteiger partial charge in [0.25, 0.3) is 0 Å². The molecular weight excluding hydrogens is 364 g/mol. The van der Waals surface area contributed by atoms with Gasteiger partial charge >= 0.3 is 0 Å². The molecule has 29 heavy (non-hydrogen) atoms. The summed E-state index contributed by atoms with van der Waals surface area (Å²) in [5, 5.41) is 0. The number of likely N-dealkylation sites (tertiary alicyclic amines) is 1. The average Bonchev–Trinajstić information content (AvgIpc) is 3.36. The summed E-state index contributed by atoms with van der Waals surface area (Å²) in [7, 11) is 4.46. The summed E-state index contributed by atoms with van der Waals surface area (Å²) in [5.41, 5.74) is 0. The highest BCUT2D eigenvalue weighted by Gasteiger charge is 2.62. The minimum atomic E-state index is -0.182. The Morgan fingerprint density at radius 2 is 1.28 bits per heavy atom. The number of carbonyl (C=O) groups excluding carboxylic acids is 2. The highest BCUT2D eigenvalue weighted by atomic mass is 16.5. The van der Waals surface area contributed by atoms with Crippen LogP contribution in [0.5, 0.6) is 0 Å². The molecule has 0 radical (unpaired) electrons. The van der Waals surface area contributed by atoms with Crippen LogP contribution in [0.25, 0.3) is 0 Å². The first-order valence-electron chi connectivity index (χ1n) is 12.3. The third-order valence-corrected chi connectivity index (χ3v) is 7.42. The third-order valence-electron chi connectivity index (χ3n) is 7.42. The second-order valence-electron chi connectivity index (χ2n) is 10.2. The Morgan fingerprint density at radius 3 is 1.79 bits per heavy atom. The van der Waals surface area contributed by atoms with E-state index in [9.17, 15) is 9.59 Å². The number of carbonyl (C=O) groups is 2. The topological polar surface area (TPSA) is 46.6 Å². The van der Waals surface area contributed by atoms with Crippen molar-refractivity contribution in [1.82, 2.24) is 4.90 Å². The molecule has 4 atom stereocenters. The summed E-state index contributed by atoms with van der Waals surface area (Å²) >= 11 is 0. The van der Waals surface area contributed by atoms with Crippen molar-refractivity contribution in [3.63, 3.8) is 0 Å². The lowest BCUT2D eigenvalue weighted by Gasteiger charge is -2.31. The minimum absolute atomic E-state index is 0.000551. The van der Waals surface area contributed by atoms with Crippen LogP contribution in [-0.2, 0) is 14.3 Å². The van der Waals surface area contributed by atoms with Crippen LogP contribution in [0.3, 0.4) is 0 Å². The van der Waals surface area contributed by atoms with Gasteiger partial charge in [-0.25, -0.2) is 0 Å². The summed E-state index contributed by atoms with van der Waals surface area (Å²) < 4.78 is 6.70. The molecule has 3 aliphatic rings. The maximum absolute atomic E-state index is 12.8. The molecule has 3 aliphatic heterocycles. The molecule has 2 amide bonds.